The van der Waals surface area contributed by atoms with E-state index >= 15 is 9.59 Å². The second kappa shape index (κ2) is 15.9. The molecule has 3 fully saturated rings. The maximum Gasteiger partial charge on any atom is 0.246 e. The molecule has 4 amide bonds. The summed E-state index contributed by atoms with van der Waals surface area (Å²) in [6.45, 7) is 0. The molecular formula is C50H43ClN2O9. The van der Waals surface area contributed by atoms with E-state index in [0.717, 1.165) is 16.7 Å². The fraction of sp³-hybridized carbons (Fsp3) is 0.240. The Hall–Kier alpha value is -6.85. The highest BCUT2D eigenvalue weighted by Crippen LogP contribution is 2.65. The first-order valence-corrected chi connectivity index (χ1v) is 20.7. The lowest BCUT2D eigenvalue weighted by Gasteiger charge is -2.50. The van der Waals surface area contributed by atoms with Crippen LogP contribution in [0.3, 0.4) is 0 Å². The van der Waals surface area contributed by atoms with Gasteiger partial charge in [0.25, 0.3) is 0 Å². The standard InChI is InChI=1S/C50H43ClN2O9/c1-59-35-19-22-40(60-2)29(23-35)16-13-28-14-17-33(18-15-28)52-46(55)37-21-20-36-38(43(37)48(52)57)27-39-47(56)53(34-12-8-11-32(51)26-34)49(58)50(39,31-9-6-5-7-10-31)44(36)30-24-41(61-3)45(54)42(25-30)62-4/h5-20,22-26,37-39,43-44,54H,21,27H2,1-4H3/t37-,38+,39-,43-,44-,50+/m0/s1. The van der Waals surface area contributed by atoms with E-state index in [9.17, 15) is 14.7 Å². The normalized spacial score (nSPS) is 24.1. The molecule has 5 aromatic rings. The van der Waals surface area contributed by atoms with Gasteiger partial charge in [-0.05, 0) is 96.1 Å². The number of fused-ring (bicyclic) bond motifs is 4. The Labute approximate surface area is 363 Å². The van der Waals surface area contributed by atoms with Crippen molar-refractivity contribution in [3.63, 3.8) is 0 Å². The highest BCUT2D eigenvalue weighted by Gasteiger charge is 2.70. The number of halogens is 1. The second-order valence-corrected chi connectivity index (χ2v) is 16.3. The maximum atomic E-state index is 15.6. The number of carbonyl (C=O) groups excluding carboxylic acids is 4. The van der Waals surface area contributed by atoms with Crippen LogP contribution < -0.4 is 28.7 Å². The number of allylic oxidation sites excluding steroid dienone is 2. The number of anilines is 2. The minimum absolute atomic E-state index is 0.109. The third-order valence-electron chi connectivity index (χ3n) is 13.0. The van der Waals surface area contributed by atoms with Gasteiger partial charge >= 0.3 is 0 Å². The summed E-state index contributed by atoms with van der Waals surface area (Å²) in [5.74, 6) is -4.16. The van der Waals surface area contributed by atoms with Crippen LogP contribution >= 0.6 is 11.6 Å². The minimum Gasteiger partial charge on any atom is -0.502 e. The molecule has 2 aliphatic carbocycles. The number of rotatable bonds is 10. The fourth-order valence-corrected chi connectivity index (χ4v) is 10.5. The van der Waals surface area contributed by atoms with Gasteiger partial charge in [0.05, 0.1) is 63.0 Å². The molecule has 2 aliphatic heterocycles. The number of nitrogens with zero attached hydrogens (tertiary/aromatic N) is 2. The van der Waals surface area contributed by atoms with Crippen LogP contribution in [0.1, 0.15) is 41.0 Å². The van der Waals surface area contributed by atoms with Crippen LogP contribution in [0.2, 0.25) is 5.02 Å². The number of ether oxygens (including phenoxy) is 4. The van der Waals surface area contributed by atoms with Crippen molar-refractivity contribution < 1.29 is 43.2 Å². The largest absolute Gasteiger partial charge is 0.502 e. The second-order valence-electron chi connectivity index (χ2n) is 15.9. The van der Waals surface area contributed by atoms with Gasteiger partial charge in [0, 0.05) is 16.5 Å². The quantitative estimate of drug-likeness (QED) is 0.0834. The van der Waals surface area contributed by atoms with Crippen LogP contribution in [0, 0.1) is 23.7 Å². The van der Waals surface area contributed by atoms with E-state index in [4.69, 9.17) is 30.5 Å². The smallest absolute Gasteiger partial charge is 0.246 e. The number of hydrogen-bond acceptors (Lipinski definition) is 9. The van der Waals surface area contributed by atoms with Crippen LogP contribution in [0.15, 0.2) is 121 Å². The van der Waals surface area contributed by atoms with Crippen molar-refractivity contribution in [2.45, 2.75) is 24.2 Å². The molecule has 314 valence electrons. The fourth-order valence-electron chi connectivity index (χ4n) is 10.3. The van der Waals surface area contributed by atoms with Crippen LogP contribution in [0.25, 0.3) is 12.2 Å². The van der Waals surface area contributed by atoms with E-state index in [1.807, 2.05) is 78.9 Å². The number of phenols is 1. The average molecular weight is 851 g/mol. The molecule has 0 bridgehead atoms. The number of methoxy groups -OCH3 is 4. The third-order valence-corrected chi connectivity index (χ3v) is 13.3. The van der Waals surface area contributed by atoms with Crippen molar-refractivity contribution in [1.82, 2.24) is 0 Å². The van der Waals surface area contributed by atoms with Crippen LogP contribution in [-0.4, -0.2) is 57.2 Å². The number of carbonyl (C=O) groups is 4. The molecule has 11 nitrogen and oxygen atoms in total. The van der Waals surface area contributed by atoms with Gasteiger partial charge in [-0.1, -0.05) is 83.9 Å². The van der Waals surface area contributed by atoms with Gasteiger partial charge in [-0.3, -0.25) is 24.1 Å². The lowest BCUT2D eigenvalue weighted by Crippen LogP contribution is -2.53. The highest BCUT2D eigenvalue weighted by atomic mass is 35.5. The molecule has 5 aromatic carbocycles. The van der Waals surface area contributed by atoms with Crippen molar-refractivity contribution in [3.8, 4) is 28.7 Å². The molecule has 6 atom stereocenters. The summed E-state index contributed by atoms with van der Waals surface area (Å²) in [6, 6.07) is 31.9. The van der Waals surface area contributed by atoms with Gasteiger partial charge < -0.3 is 24.1 Å². The Bertz CT molecular complexity index is 2670. The Kier molecular flexibility index (Phi) is 10.4. The minimum atomic E-state index is -1.52. The lowest BCUT2D eigenvalue weighted by molar-refractivity contribution is -0.127. The molecule has 0 spiro atoms. The van der Waals surface area contributed by atoms with Gasteiger partial charge in [0.1, 0.15) is 11.5 Å². The molecule has 12 heteroatoms. The van der Waals surface area contributed by atoms with E-state index in [0.29, 0.717) is 39.0 Å². The van der Waals surface area contributed by atoms with Crippen LogP contribution in [-0.2, 0) is 24.6 Å². The third kappa shape index (κ3) is 6.24. The summed E-state index contributed by atoms with van der Waals surface area (Å²) in [4.78, 5) is 62.6. The van der Waals surface area contributed by atoms with Crippen molar-refractivity contribution in [2.24, 2.45) is 23.7 Å². The number of hydrogen-bond donors (Lipinski definition) is 1. The summed E-state index contributed by atoms with van der Waals surface area (Å²) in [5, 5.41) is 11.4. The van der Waals surface area contributed by atoms with Gasteiger partial charge in [-0.25, -0.2) is 4.90 Å². The lowest BCUT2D eigenvalue weighted by atomic mass is 9.49. The SMILES string of the molecule is COc1ccc(OC)c(C=Cc2ccc(N3C(=O)[C@H]4[C@H](CC=C5[C@H]4C[C@H]4C(=O)N(c6cccc(Cl)c6)C(=O)[C@@]4(c4ccccc4)[C@H]5c4cc(OC)c(O)c(OC)c4)C3=O)cc2)c1. The first-order chi connectivity index (χ1) is 30.0. The summed E-state index contributed by atoms with van der Waals surface area (Å²) in [7, 11) is 6.04. The summed E-state index contributed by atoms with van der Waals surface area (Å²) in [5.41, 5.74) is 2.80. The molecule has 1 saturated carbocycles. The van der Waals surface area contributed by atoms with Crippen LogP contribution in [0.4, 0.5) is 11.4 Å². The molecule has 9 rings (SSSR count). The zero-order chi connectivity index (χ0) is 43.4. The van der Waals surface area contributed by atoms with Gasteiger partial charge in [-0.15, -0.1) is 0 Å². The summed E-state index contributed by atoms with van der Waals surface area (Å²) in [6.07, 6.45) is 6.15. The van der Waals surface area contributed by atoms with E-state index in [1.165, 1.54) is 24.0 Å². The molecule has 62 heavy (non-hydrogen) atoms. The monoisotopic (exact) mass is 850 g/mol. The number of aromatic hydroxyl groups is 1. The first-order valence-electron chi connectivity index (χ1n) is 20.3. The zero-order valence-electron chi connectivity index (χ0n) is 34.4. The van der Waals surface area contributed by atoms with Crippen molar-refractivity contribution in [3.05, 3.63) is 148 Å². The number of amides is 4. The summed E-state index contributed by atoms with van der Waals surface area (Å²) < 4.78 is 22.2. The maximum absolute atomic E-state index is 15.6. The van der Waals surface area contributed by atoms with E-state index in [-0.39, 0.29) is 41.9 Å². The van der Waals surface area contributed by atoms with Gasteiger partial charge in [0.15, 0.2) is 11.5 Å². The molecule has 2 saturated heterocycles. The first kappa shape index (κ1) is 40.6. The molecule has 0 aromatic heterocycles. The van der Waals surface area contributed by atoms with E-state index in [2.05, 4.69) is 0 Å². The Morgan fingerprint density at radius 2 is 1.39 bits per heavy atom. The highest BCUT2D eigenvalue weighted by molar-refractivity contribution is 6.32. The predicted molar refractivity (Wildman–Crippen MR) is 235 cm³/mol. The van der Waals surface area contributed by atoms with Gasteiger partial charge in [0.2, 0.25) is 29.4 Å². The number of benzene rings is 5. The molecule has 4 aliphatic rings. The molecule has 2 heterocycles. The molecule has 0 radical (unpaired) electrons. The van der Waals surface area contributed by atoms with Crippen molar-refractivity contribution >= 4 is 58.8 Å². The Morgan fingerprint density at radius 1 is 0.677 bits per heavy atom. The van der Waals surface area contributed by atoms with Gasteiger partial charge in [-0.2, -0.15) is 0 Å². The van der Waals surface area contributed by atoms with Crippen LogP contribution in [0.5, 0.6) is 28.7 Å². The molecular weight excluding hydrogens is 808 g/mol. The Morgan fingerprint density at radius 3 is 2.05 bits per heavy atom. The van der Waals surface area contributed by atoms with E-state index < -0.39 is 46.8 Å². The topological polar surface area (TPSA) is 132 Å². The molecule has 0 unspecified atom stereocenters. The molecule has 1 N–H and O–H groups in total. The summed E-state index contributed by atoms with van der Waals surface area (Å²) >= 11 is 6.46. The number of phenolic OH excluding ortho intramolecular Hbond substituents is 1. The zero-order valence-corrected chi connectivity index (χ0v) is 35.2. The van der Waals surface area contributed by atoms with E-state index in [1.54, 1.807) is 62.8 Å². The Balaban J connectivity index is 1.15. The predicted octanol–water partition coefficient (Wildman–Crippen LogP) is 8.62. The number of imide groups is 2. The van der Waals surface area contributed by atoms with Crippen molar-refractivity contribution in [2.75, 3.05) is 38.2 Å². The van der Waals surface area contributed by atoms with Crippen molar-refractivity contribution in [1.29, 1.82) is 0 Å². The average Bonchev–Trinajstić information content (AvgIpc) is 3.69.